The van der Waals surface area contributed by atoms with Crippen LogP contribution < -0.4 is 15.4 Å². The largest absolute Gasteiger partial charge is 0.509 e. The quantitative estimate of drug-likeness (QED) is 0.211. The number of nitrogens with one attached hydrogen (secondary N) is 2. The van der Waals surface area contributed by atoms with Crippen molar-refractivity contribution < 1.29 is 56.0 Å². The molecule has 5 N–H and O–H groups in total. The summed E-state index contributed by atoms with van der Waals surface area (Å²) in [5.41, 5.74) is 3.33. The van der Waals surface area contributed by atoms with Crippen LogP contribution in [0.25, 0.3) is 11.1 Å². The summed E-state index contributed by atoms with van der Waals surface area (Å²) >= 11 is 3.43. The smallest absolute Gasteiger partial charge is 0.422 e. The average Bonchev–Trinajstić information content (AvgIpc) is 3.22. The Labute approximate surface area is 276 Å². The summed E-state index contributed by atoms with van der Waals surface area (Å²) in [6, 6.07) is 6.74. The number of hydrogen-bond donors (Lipinski definition) is 5. The molecule has 0 unspecified atom stereocenters. The summed E-state index contributed by atoms with van der Waals surface area (Å²) in [7, 11) is 0. The van der Waals surface area contributed by atoms with E-state index < -0.39 is 42.6 Å². The first-order valence-corrected chi connectivity index (χ1v) is 14.8. The molecule has 2 aromatic carbocycles. The third-order valence-corrected chi connectivity index (χ3v) is 7.51. The number of hydrogen-bond acceptors (Lipinski definition) is 6. The number of aryl methyl sites for hydroxylation is 4. The lowest BCUT2D eigenvalue weighted by Crippen LogP contribution is -2.38. The van der Waals surface area contributed by atoms with Gasteiger partial charge >= 0.3 is 12.4 Å². The maximum atomic E-state index is 12.2. The topological polar surface area (TPSA) is 128 Å². The minimum absolute atomic E-state index is 0.0684. The van der Waals surface area contributed by atoms with E-state index in [1.165, 1.54) is 12.1 Å². The van der Waals surface area contributed by atoms with Gasteiger partial charge in [0.2, 0.25) is 0 Å². The lowest BCUT2D eigenvalue weighted by molar-refractivity contribution is -0.159. The summed E-state index contributed by atoms with van der Waals surface area (Å²) in [6.45, 7) is 11.0. The lowest BCUT2D eigenvalue weighted by atomic mass is 9.92. The number of halogens is 7. The van der Waals surface area contributed by atoms with Gasteiger partial charge in [-0.2, -0.15) is 26.3 Å². The Hall–Kier alpha value is -3.72. The lowest BCUT2D eigenvalue weighted by Gasteiger charge is -2.17. The Balaban J connectivity index is 0.000000284. The van der Waals surface area contributed by atoms with Crippen LogP contribution in [0.3, 0.4) is 0 Å². The van der Waals surface area contributed by atoms with Crippen LogP contribution in [0.4, 0.5) is 26.3 Å². The molecule has 260 valence electrons. The zero-order valence-corrected chi connectivity index (χ0v) is 28.5. The number of aliphatic hydroxyl groups excluding tert-OH is 3. The second-order valence-electron chi connectivity index (χ2n) is 12.1. The van der Waals surface area contributed by atoms with Gasteiger partial charge in [0.05, 0.1) is 22.2 Å². The number of carbonyl (C=O) groups is 2. The van der Waals surface area contributed by atoms with Crippen molar-refractivity contribution in [1.29, 1.82) is 0 Å². The normalized spacial score (nSPS) is 17.0. The summed E-state index contributed by atoms with van der Waals surface area (Å²) in [4.78, 5) is 24.2. The Bertz CT molecular complexity index is 1560. The highest BCUT2D eigenvalue weighted by molar-refractivity contribution is 9.10. The molecule has 15 heteroatoms. The third-order valence-electron chi connectivity index (χ3n) is 7.05. The van der Waals surface area contributed by atoms with Crippen LogP contribution in [0.5, 0.6) is 5.75 Å². The Morgan fingerprint density at radius 3 is 1.28 bits per heavy atom. The SMILES string of the molecule is Cc1cc(Br)cc(C)c1C1=C(O)C(C)(C)NC1=O.Cc1cc(OCC(F)(F)F)cc(C)c1C1=C(O)C(C)(C)NC1=O.OCC(F)(F)F. The van der Waals surface area contributed by atoms with E-state index in [2.05, 4.69) is 26.6 Å². The molecule has 2 aromatic rings. The van der Waals surface area contributed by atoms with E-state index in [1.807, 2.05) is 26.0 Å². The number of ether oxygens (including phenoxy) is 1. The van der Waals surface area contributed by atoms with E-state index in [1.54, 1.807) is 41.5 Å². The molecule has 0 aromatic heterocycles. The molecule has 0 saturated heterocycles. The van der Waals surface area contributed by atoms with Crippen molar-refractivity contribution >= 4 is 38.9 Å². The minimum atomic E-state index is -4.42. The predicted molar refractivity (Wildman–Crippen MR) is 168 cm³/mol. The van der Waals surface area contributed by atoms with Crippen LogP contribution in [-0.4, -0.2) is 63.8 Å². The molecule has 2 aliphatic rings. The highest BCUT2D eigenvalue weighted by Gasteiger charge is 2.41. The maximum Gasteiger partial charge on any atom is 0.422 e. The number of aliphatic hydroxyl groups is 3. The molecule has 0 spiro atoms. The molecule has 2 heterocycles. The molecule has 0 radical (unpaired) electrons. The van der Waals surface area contributed by atoms with Crippen molar-refractivity contribution in [3.8, 4) is 5.75 Å². The molecule has 47 heavy (non-hydrogen) atoms. The van der Waals surface area contributed by atoms with Gasteiger partial charge in [0.25, 0.3) is 11.8 Å². The highest BCUT2D eigenvalue weighted by Crippen LogP contribution is 2.37. The fourth-order valence-corrected chi connectivity index (χ4v) is 5.67. The van der Waals surface area contributed by atoms with Crippen molar-refractivity contribution in [1.82, 2.24) is 10.6 Å². The van der Waals surface area contributed by atoms with Gasteiger partial charge in [-0.25, -0.2) is 0 Å². The van der Waals surface area contributed by atoms with Crippen LogP contribution in [0.15, 0.2) is 40.3 Å². The molecule has 0 saturated carbocycles. The van der Waals surface area contributed by atoms with Gasteiger partial charge in [-0.3, -0.25) is 9.59 Å². The standard InChI is InChI=1S/C16H18F3NO3.C14H16BrNO2.C2H3F3O/c1-8-5-10(23-7-16(17,18)19)6-9(2)11(8)12-13(21)15(3,4)20-14(12)22;1-7-5-9(15)6-8(2)10(7)11-12(17)14(3,4)16-13(11)18;3-2(4,5)1-6/h5-6,21H,7H2,1-4H3,(H,20,22);5-6,17H,1-4H3,(H,16,18);6H,1H2. The number of amides is 2. The van der Waals surface area contributed by atoms with Crippen molar-refractivity contribution in [2.24, 2.45) is 0 Å². The average molecular weight is 740 g/mol. The van der Waals surface area contributed by atoms with Crippen LogP contribution in [0.1, 0.15) is 61.1 Å². The molecule has 0 bridgehead atoms. The predicted octanol–water partition coefficient (Wildman–Crippen LogP) is 7.21. The zero-order valence-electron chi connectivity index (χ0n) is 26.9. The Morgan fingerprint density at radius 2 is 1.02 bits per heavy atom. The van der Waals surface area contributed by atoms with E-state index in [9.17, 15) is 46.1 Å². The van der Waals surface area contributed by atoms with E-state index in [0.29, 0.717) is 22.3 Å². The third kappa shape index (κ3) is 9.89. The van der Waals surface area contributed by atoms with Crippen molar-refractivity contribution in [2.75, 3.05) is 13.2 Å². The Morgan fingerprint density at radius 1 is 0.702 bits per heavy atom. The van der Waals surface area contributed by atoms with E-state index in [4.69, 9.17) is 9.84 Å². The molecule has 0 aliphatic carbocycles. The van der Waals surface area contributed by atoms with E-state index in [0.717, 1.165) is 21.2 Å². The van der Waals surface area contributed by atoms with Crippen LogP contribution in [0, 0.1) is 27.7 Å². The Kier molecular flexibility index (Phi) is 11.9. The number of alkyl halides is 6. The molecule has 2 amide bonds. The monoisotopic (exact) mass is 738 g/mol. The summed E-state index contributed by atoms with van der Waals surface area (Å²) < 4.78 is 74.0. The van der Waals surface area contributed by atoms with Crippen molar-refractivity contribution in [3.05, 3.63) is 73.6 Å². The molecule has 4 rings (SSSR count). The van der Waals surface area contributed by atoms with Gasteiger partial charge in [-0.05, 0) is 113 Å². The van der Waals surface area contributed by atoms with Gasteiger partial charge in [0.1, 0.15) is 23.9 Å². The molecular weight excluding hydrogens is 702 g/mol. The fourth-order valence-electron chi connectivity index (χ4n) is 4.99. The summed E-state index contributed by atoms with van der Waals surface area (Å²) in [5.74, 6) is -0.536. The number of benzene rings is 2. The molecule has 8 nitrogen and oxygen atoms in total. The number of rotatable bonds is 4. The summed E-state index contributed by atoms with van der Waals surface area (Å²) in [6.07, 6.45) is -8.82. The van der Waals surface area contributed by atoms with Gasteiger partial charge < -0.3 is 30.7 Å². The van der Waals surface area contributed by atoms with E-state index in [-0.39, 0.29) is 28.7 Å². The van der Waals surface area contributed by atoms with Gasteiger partial charge in [-0.15, -0.1) is 0 Å². The van der Waals surface area contributed by atoms with Gasteiger partial charge in [0.15, 0.2) is 6.61 Å². The highest BCUT2D eigenvalue weighted by atomic mass is 79.9. The number of carbonyl (C=O) groups excluding carboxylic acids is 2. The van der Waals surface area contributed by atoms with Crippen molar-refractivity contribution in [2.45, 2.75) is 78.8 Å². The molecular formula is C32H37BrF6N2O6. The fraction of sp³-hybridized carbons (Fsp3) is 0.438. The first kappa shape index (κ1) is 39.5. The summed E-state index contributed by atoms with van der Waals surface area (Å²) in [5, 5.41) is 33.3. The zero-order chi connectivity index (χ0) is 36.4. The minimum Gasteiger partial charge on any atom is -0.509 e. The first-order chi connectivity index (χ1) is 21.2. The molecule has 2 aliphatic heterocycles. The van der Waals surface area contributed by atoms with E-state index >= 15 is 0 Å². The second kappa shape index (κ2) is 14.2. The van der Waals surface area contributed by atoms with Gasteiger partial charge in [0, 0.05) is 4.47 Å². The second-order valence-corrected chi connectivity index (χ2v) is 13.0. The molecule has 0 fully saturated rings. The maximum absolute atomic E-state index is 12.2. The first-order valence-electron chi connectivity index (χ1n) is 14.0. The van der Waals surface area contributed by atoms with Crippen LogP contribution >= 0.6 is 15.9 Å². The van der Waals surface area contributed by atoms with Gasteiger partial charge in [-0.1, -0.05) is 15.9 Å². The van der Waals surface area contributed by atoms with Crippen LogP contribution in [-0.2, 0) is 9.59 Å². The van der Waals surface area contributed by atoms with Crippen LogP contribution in [0.2, 0.25) is 0 Å². The van der Waals surface area contributed by atoms with Crippen molar-refractivity contribution in [3.63, 3.8) is 0 Å². The molecule has 0 atom stereocenters.